The van der Waals surface area contributed by atoms with Crippen molar-refractivity contribution in [3.05, 3.63) is 49.6 Å². The first kappa shape index (κ1) is 11.4. The minimum Gasteiger partial charge on any atom is -0.245 e. The van der Waals surface area contributed by atoms with Gasteiger partial charge in [0, 0.05) is 12.4 Å². The van der Waals surface area contributed by atoms with Crippen LogP contribution in [0.5, 0.6) is 0 Å². The summed E-state index contributed by atoms with van der Waals surface area (Å²) in [4.78, 5) is 7.35. The molecule has 3 rings (SSSR count). The molecule has 0 atom stereocenters. The Bertz CT molecular complexity index is 307. The number of hydrogen-bond acceptors (Lipinski definition) is 6. The first-order valence-corrected chi connectivity index (χ1v) is 4.29. The molecule has 8 nitrogen and oxygen atoms in total. The Hall–Kier alpha value is -2.64. The van der Waals surface area contributed by atoms with E-state index in [0.29, 0.717) is 0 Å². The monoisotopic (exact) mass is 218 g/mol. The SMILES string of the molecule is c1cn[nH]n1.c1cn[nH]n1.c1cncnc1. The van der Waals surface area contributed by atoms with Gasteiger partial charge >= 0.3 is 0 Å². The van der Waals surface area contributed by atoms with Crippen LogP contribution in [0.1, 0.15) is 0 Å². The molecule has 0 bridgehead atoms. The molecular formula is C8H10N8. The van der Waals surface area contributed by atoms with Gasteiger partial charge in [0.2, 0.25) is 0 Å². The lowest BCUT2D eigenvalue weighted by Gasteiger charge is -1.70. The second-order valence-electron chi connectivity index (χ2n) is 2.22. The van der Waals surface area contributed by atoms with E-state index in [0.717, 1.165) is 0 Å². The van der Waals surface area contributed by atoms with E-state index < -0.39 is 0 Å². The third-order valence-corrected chi connectivity index (χ3v) is 1.14. The van der Waals surface area contributed by atoms with E-state index in [9.17, 15) is 0 Å². The minimum atomic E-state index is 1.50. The topological polar surface area (TPSA) is 109 Å². The highest BCUT2D eigenvalue weighted by atomic mass is 15.3. The molecule has 0 aliphatic heterocycles. The van der Waals surface area contributed by atoms with Crippen molar-refractivity contribution in [1.82, 2.24) is 40.8 Å². The molecule has 8 heteroatoms. The summed E-state index contributed by atoms with van der Waals surface area (Å²) in [7, 11) is 0. The summed E-state index contributed by atoms with van der Waals surface area (Å²) >= 11 is 0. The average molecular weight is 218 g/mol. The molecule has 0 aromatic carbocycles. The van der Waals surface area contributed by atoms with Crippen LogP contribution in [-0.4, -0.2) is 40.8 Å². The van der Waals surface area contributed by atoms with Gasteiger partial charge in [0.15, 0.2) is 0 Å². The highest BCUT2D eigenvalue weighted by Gasteiger charge is 1.59. The maximum Gasteiger partial charge on any atom is 0.115 e. The summed E-state index contributed by atoms with van der Waals surface area (Å²) in [5.74, 6) is 0. The zero-order valence-electron chi connectivity index (χ0n) is 8.30. The molecule has 3 aromatic rings. The van der Waals surface area contributed by atoms with Crippen molar-refractivity contribution in [1.29, 1.82) is 0 Å². The second kappa shape index (κ2) is 8.94. The molecule has 16 heavy (non-hydrogen) atoms. The Morgan fingerprint density at radius 1 is 0.562 bits per heavy atom. The van der Waals surface area contributed by atoms with Gasteiger partial charge in [0.05, 0.1) is 24.8 Å². The van der Waals surface area contributed by atoms with Crippen molar-refractivity contribution in [2.24, 2.45) is 0 Å². The zero-order chi connectivity index (χ0) is 11.3. The lowest BCUT2D eigenvalue weighted by atomic mass is 10.7. The van der Waals surface area contributed by atoms with Crippen molar-refractivity contribution in [2.45, 2.75) is 0 Å². The fourth-order valence-electron chi connectivity index (χ4n) is 0.587. The average Bonchev–Trinajstić information content (AvgIpc) is 3.10. The predicted octanol–water partition coefficient (Wildman–Crippen LogP) is 0.0860. The largest absolute Gasteiger partial charge is 0.245 e. The van der Waals surface area contributed by atoms with Gasteiger partial charge in [0.25, 0.3) is 0 Å². The van der Waals surface area contributed by atoms with Crippen molar-refractivity contribution < 1.29 is 0 Å². The quantitative estimate of drug-likeness (QED) is 0.553. The van der Waals surface area contributed by atoms with Crippen LogP contribution in [0.25, 0.3) is 0 Å². The van der Waals surface area contributed by atoms with Crippen LogP contribution in [-0.2, 0) is 0 Å². The van der Waals surface area contributed by atoms with Crippen LogP contribution >= 0.6 is 0 Å². The minimum absolute atomic E-state index is 1.50. The summed E-state index contributed by atoms with van der Waals surface area (Å²) in [5.41, 5.74) is 0. The van der Waals surface area contributed by atoms with E-state index in [1.807, 2.05) is 0 Å². The molecule has 0 saturated carbocycles. The molecule has 0 spiro atoms. The molecule has 2 N–H and O–H groups in total. The first-order valence-electron chi connectivity index (χ1n) is 4.29. The van der Waals surface area contributed by atoms with Crippen LogP contribution in [0.15, 0.2) is 49.6 Å². The Morgan fingerprint density at radius 3 is 1.12 bits per heavy atom. The third kappa shape index (κ3) is 6.83. The fraction of sp³-hybridized carbons (Fsp3) is 0. The Kier molecular flexibility index (Phi) is 6.39. The molecule has 3 heterocycles. The molecule has 0 unspecified atom stereocenters. The van der Waals surface area contributed by atoms with Gasteiger partial charge in [0.1, 0.15) is 6.33 Å². The van der Waals surface area contributed by atoms with Crippen molar-refractivity contribution in [3.8, 4) is 0 Å². The van der Waals surface area contributed by atoms with E-state index in [1.165, 1.54) is 6.33 Å². The molecular weight excluding hydrogens is 208 g/mol. The van der Waals surface area contributed by atoms with E-state index in [1.54, 1.807) is 43.2 Å². The summed E-state index contributed by atoms with van der Waals surface area (Å²) in [6.07, 6.45) is 11.2. The van der Waals surface area contributed by atoms with Gasteiger partial charge < -0.3 is 0 Å². The molecule has 3 aromatic heterocycles. The van der Waals surface area contributed by atoms with E-state index >= 15 is 0 Å². The summed E-state index contributed by atoms with van der Waals surface area (Å²) in [6.45, 7) is 0. The highest BCUT2D eigenvalue weighted by Crippen LogP contribution is 1.66. The molecule has 0 radical (unpaired) electrons. The number of nitrogens with one attached hydrogen (secondary N) is 2. The number of H-pyrrole nitrogens is 2. The fourth-order valence-corrected chi connectivity index (χ4v) is 0.587. The van der Waals surface area contributed by atoms with Crippen molar-refractivity contribution in [3.63, 3.8) is 0 Å². The Morgan fingerprint density at radius 2 is 1.00 bits per heavy atom. The molecule has 0 aliphatic carbocycles. The summed E-state index contributed by atoms with van der Waals surface area (Å²) in [6, 6.07) is 1.78. The van der Waals surface area contributed by atoms with Crippen LogP contribution in [0.3, 0.4) is 0 Å². The van der Waals surface area contributed by atoms with Crippen LogP contribution in [0, 0.1) is 0 Å². The smallest absolute Gasteiger partial charge is 0.115 e. The van der Waals surface area contributed by atoms with Gasteiger partial charge in [-0.2, -0.15) is 30.8 Å². The van der Waals surface area contributed by atoms with Crippen LogP contribution < -0.4 is 0 Å². The van der Waals surface area contributed by atoms with E-state index in [-0.39, 0.29) is 0 Å². The Balaban J connectivity index is 0.000000121. The lowest BCUT2D eigenvalue weighted by molar-refractivity contribution is 0.940. The van der Waals surface area contributed by atoms with E-state index in [2.05, 4.69) is 40.8 Å². The van der Waals surface area contributed by atoms with Crippen molar-refractivity contribution in [2.75, 3.05) is 0 Å². The lowest BCUT2D eigenvalue weighted by Crippen LogP contribution is -1.66. The molecule has 0 amide bonds. The zero-order valence-corrected chi connectivity index (χ0v) is 8.30. The van der Waals surface area contributed by atoms with Crippen molar-refractivity contribution >= 4 is 0 Å². The second-order valence-corrected chi connectivity index (χ2v) is 2.22. The van der Waals surface area contributed by atoms with Gasteiger partial charge in [-0.3, -0.25) is 0 Å². The maximum atomic E-state index is 3.67. The van der Waals surface area contributed by atoms with Gasteiger partial charge in [-0.25, -0.2) is 9.97 Å². The summed E-state index contributed by atoms with van der Waals surface area (Å²) in [5, 5.41) is 18.7. The third-order valence-electron chi connectivity index (χ3n) is 1.14. The predicted molar refractivity (Wildman–Crippen MR) is 54.8 cm³/mol. The van der Waals surface area contributed by atoms with Gasteiger partial charge in [-0.1, -0.05) is 0 Å². The standard InChI is InChI=1S/C4H4N2.2C2H3N3/c1-2-5-4-6-3-1;2*1-2-4-5-3-1/h1-4H;2*1-2H,(H,3,4,5). The number of rotatable bonds is 0. The molecule has 0 saturated heterocycles. The van der Waals surface area contributed by atoms with Gasteiger partial charge in [-0.15, -0.1) is 0 Å². The highest BCUT2D eigenvalue weighted by molar-refractivity contribution is 4.74. The van der Waals surface area contributed by atoms with Gasteiger partial charge in [-0.05, 0) is 6.07 Å². The number of hydrogen-bond donors (Lipinski definition) is 2. The first-order chi connectivity index (χ1) is 8.00. The maximum absolute atomic E-state index is 3.67. The normalized spacial score (nSPS) is 8.00. The van der Waals surface area contributed by atoms with E-state index in [4.69, 9.17) is 0 Å². The van der Waals surface area contributed by atoms with Crippen LogP contribution in [0.2, 0.25) is 0 Å². The molecule has 0 fully saturated rings. The van der Waals surface area contributed by atoms with Crippen LogP contribution in [0.4, 0.5) is 0 Å². The summed E-state index contributed by atoms with van der Waals surface area (Å²) < 4.78 is 0. The number of aromatic nitrogens is 8. The molecule has 82 valence electrons. The Labute approximate surface area is 91.2 Å². The number of nitrogens with zero attached hydrogens (tertiary/aromatic N) is 6. The molecule has 0 aliphatic rings. The number of aromatic amines is 2.